The van der Waals surface area contributed by atoms with Crippen LogP contribution in [0.2, 0.25) is 0 Å². The molecule has 1 amide bonds. The van der Waals surface area contributed by atoms with Gasteiger partial charge in [0.05, 0.1) is 0 Å². The first kappa shape index (κ1) is 15.3. The molecule has 0 heterocycles. The van der Waals surface area contributed by atoms with E-state index < -0.39 is 9.70 Å². The van der Waals surface area contributed by atoms with E-state index in [-0.39, 0.29) is 6.04 Å². The molecule has 0 spiro atoms. The Balaban J connectivity index is 3.75. The highest BCUT2D eigenvalue weighted by Crippen LogP contribution is 2.26. The third kappa shape index (κ3) is 8.18. The number of halogens is 3. The molecule has 0 aromatic rings. The maximum atomic E-state index is 11.3. The number of nitrogens with one attached hydrogen (secondary N) is 1. The Labute approximate surface area is 107 Å². The maximum Gasteiger partial charge on any atom is 0.272 e. The lowest BCUT2D eigenvalue weighted by Crippen LogP contribution is -2.40. The normalized spacial score (nSPS) is 14.1. The number of carbonyl (C=O) groups is 1. The molecule has 0 aromatic carbocycles. The summed E-state index contributed by atoms with van der Waals surface area (Å²) in [6.45, 7) is 6.25. The highest BCUT2D eigenvalue weighted by atomic mass is 35.6. The molecule has 15 heavy (non-hydrogen) atoms. The molecule has 0 aliphatic heterocycles. The van der Waals surface area contributed by atoms with E-state index in [9.17, 15) is 4.79 Å². The second-order valence-corrected chi connectivity index (χ2v) is 6.48. The number of rotatable bonds is 5. The topological polar surface area (TPSA) is 29.1 Å². The Hall–Kier alpha value is 0.340. The summed E-state index contributed by atoms with van der Waals surface area (Å²) in [6, 6.07) is 0.0480. The van der Waals surface area contributed by atoms with E-state index >= 15 is 0 Å². The van der Waals surface area contributed by atoms with Gasteiger partial charge in [-0.15, -0.1) is 0 Å². The van der Waals surface area contributed by atoms with Crippen LogP contribution in [0.4, 0.5) is 0 Å². The number of hydrogen-bond donors (Lipinski definition) is 1. The molecule has 0 rings (SSSR count). The third-order valence-corrected chi connectivity index (χ3v) is 2.57. The van der Waals surface area contributed by atoms with Gasteiger partial charge in [-0.25, -0.2) is 0 Å². The molecule has 1 N–H and O–H groups in total. The second kappa shape index (κ2) is 6.82. The van der Waals surface area contributed by atoms with Crippen molar-refractivity contribution in [3.05, 3.63) is 0 Å². The first-order chi connectivity index (χ1) is 6.73. The smallest absolute Gasteiger partial charge is 0.272 e. The van der Waals surface area contributed by atoms with Crippen LogP contribution in [0.3, 0.4) is 0 Å². The summed E-state index contributed by atoms with van der Waals surface area (Å²) >= 11 is 16.3. The maximum absolute atomic E-state index is 11.3. The molecule has 0 bridgehead atoms. The van der Waals surface area contributed by atoms with E-state index in [1.54, 1.807) is 0 Å². The van der Waals surface area contributed by atoms with Gasteiger partial charge in [0.2, 0.25) is 0 Å². The van der Waals surface area contributed by atoms with Crippen molar-refractivity contribution < 1.29 is 4.79 Å². The van der Waals surface area contributed by atoms with Crippen LogP contribution in [0, 0.1) is 5.92 Å². The molecule has 1 atom stereocenters. The average Bonchev–Trinajstić information content (AvgIpc) is 2.01. The standard InChI is InChI=1S/C10H18Cl3NO/c1-7(2)5-4-6-8(3)14-9(15)10(11,12)13/h7-8H,4-6H2,1-3H3,(H,14,15). The molecular formula is C10H18Cl3NO. The van der Waals surface area contributed by atoms with Gasteiger partial charge < -0.3 is 5.32 Å². The van der Waals surface area contributed by atoms with Crippen LogP contribution >= 0.6 is 34.8 Å². The fraction of sp³-hybridized carbons (Fsp3) is 0.900. The molecule has 2 nitrogen and oxygen atoms in total. The molecule has 90 valence electrons. The molecule has 0 aliphatic rings. The van der Waals surface area contributed by atoms with Crippen LogP contribution in [0.25, 0.3) is 0 Å². The summed E-state index contributed by atoms with van der Waals surface area (Å²) in [5, 5.41) is 2.66. The first-order valence-corrected chi connectivity index (χ1v) is 6.24. The zero-order valence-electron chi connectivity index (χ0n) is 9.32. The summed E-state index contributed by atoms with van der Waals surface area (Å²) in [7, 11) is 0. The van der Waals surface area contributed by atoms with E-state index in [0.717, 1.165) is 19.3 Å². The van der Waals surface area contributed by atoms with Gasteiger partial charge in [0.15, 0.2) is 0 Å². The van der Waals surface area contributed by atoms with Crippen molar-refractivity contribution in [3.8, 4) is 0 Å². The van der Waals surface area contributed by atoms with E-state index in [2.05, 4.69) is 19.2 Å². The van der Waals surface area contributed by atoms with Gasteiger partial charge in [-0.1, -0.05) is 61.5 Å². The van der Waals surface area contributed by atoms with Crippen LogP contribution in [0.15, 0.2) is 0 Å². The number of alkyl halides is 3. The first-order valence-electron chi connectivity index (χ1n) is 5.11. The highest BCUT2D eigenvalue weighted by Gasteiger charge is 2.31. The summed E-state index contributed by atoms with van der Waals surface area (Å²) in [5.41, 5.74) is 0. The minimum absolute atomic E-state index is 0.0480. The Morgan fingerprint density at radius 2 is 1.73 bits per heavy atom. The molecule has 0 aromatic heterocycles. The van der Waals surface area contributed by atoms with Crippen LogP contribution in [0.5, 0.6) is 0 Å². The average molecular weight is 275 g/mol. The van der Waals surface area contributed by atoms with Gasteiger partial charge >= 0.3 is 0 Å². The van der Waals surface area contributed by atoms with Gasteiger partial charge in [0.1, 0.15) is 0 Å². The van der Waals surface area contributed by atoms with Crippen LogP contribution in [-0.2, 0) is 4.79 Å². The Morgan fingerprint density at radius 1 is 1.20 bits per heavy atom. The van der Waals surface area contributed by atoms with Crippen molar-refractivity contribution in [1.82, 2.24) is 5.32 Å². The zero-order chi connectivity index (χ0) is 12.1. The molecule has 1 unspecified atom stereocenters. The van der Waals surface area contributed by atoms with Crippen molar-refractivity contribution in [2.45, 2.75) is 49.9 Å². The van der Waals surface area contributed by atoms with E-state index in [1.807, 2.05) is 6.92 Å². The SMILES string of the molecule is CC(C)CCCC(C)NC(=O)C(Cl)(Cl)Cl. The Morgan fingerprint density at radius 3 is 2.13 bits per heavy atom. The summed E-state index contributed by atoms with van der Waals surface area (Å²) in [4.78, 5) is 11.3. The summed E-state index contributed by atoms with van der Waals surface area (Å²) in [6.07, 6.45) is 3.12. The van der Waals surface area contributed by atoms with Gasteiger partial charge in [-0.2, -0.15) is 0 Å². The molecule has 0 saturated heterocycles. The third-order valence-electron chi connectivity index (χ3n) is 2.05. The number of amides is 1. The summed E-state index contributed by atoms with van der Waals surface area (Å²) in [5.74, 6) is 0.130. The molecule has 0 saturated carbocycles. The molecular weight excluding hydrogens is 256 g/mol. The Bertz CT molecular complexity index is 201. The van der Waals surface area contributed by atoms with Gasteiger partial charge in [0, 0.05) is 6.04 Å². The summed E-state index contributed by atoms with van der Waals surface area (Å²) < 4.78 is -1.85. The van der Waals surface area contributed by atoms with Crippen molar-refractivity contribution in [2.24, 2.45) is 5.92 Å². The predicted octanol–water partition coefficient (Wildman–Crippen LogP) is 3.69. The molecule has 0 aliphatic carbocycles. The van der Waals surface area contributed by atoms with E-state index in [4.69, 9.17) is 34.8 Å². The van der Waals surface area contributed by atoms with E-state index in [1.165, 1.54) is 0 Å². The molecule has 0 fully saturated rings. The fourth-order valence-corrected chi connectivity index (χ4v) is 1.37. The minimum Gasteiger partial charge on any atom is -0.350 e. The predicted molar refractivity (Wildman–Crippen MR) is 66.6 cm³/mol. The van der Waals surface area contributed by atoms with Crippen LogP contribution in [0.1, 0.15) is 40.0 Å². The van der Waals surface area contributed by atoms with Crippen molar-refractivity contribution in [1.29, 1.82) is 0 Å². The van der Waals surface area contributed by atoms with Crippen LogP contribution in [-0.4, -0.2) is 15.7 Å². The van der Waals surface area contributed by atoms with Gasteiger partial charge in [-0.05, 0) is 19.3 Å². The van der Waals surface area contributed by atoms with Crippen molar-refractivity contribution >= 4 is 40.7 Å². The molecule has 0 radical (unpaired) electrons. The monoisotopic (exact) mass is 273 g/mol. The Kier molecular flexibility index (Phi) is 6.98. The van der Waals surface area contributed by atoms with E-state index in [0.29, 0.717) is 5.92 Å². The second-order valence-electron chi connectivity index (χ2n) is 4.20. The lowest BCUT2D eigenvalue weighted by atomic mass is 10.0. The van der Waals surface area contributed by atoms with Gasteiger partial charge in [-0.3, -0.25) is 4.79 Å². The van der Waals surface area contributed by atoms with Crippen molar-refractivity contribution in [2.75, 3.05) is 0 Å². The van der Waals surface area contributed by atoms with Crippen LogP contribution < -0.4 is 5.32 Å². The molecule has 5 heteroatoms. The quantitative estimate of drug-likeness (QED) is 0.761. The van der Waals surface area contributed by atoms with Gasteiger partial charge in [0.25, 0.3) is 9.70 Å². The fourth-order valence-electron chi connectivity index (χ4n) is 1.21. The number of carbonyl (C=O) groups excluding carboxylic acids is 1. The zero-order valence-corrected chi connectivity index (χ0v) is 11.6. The number of hydrogen-bond acceptors (Lipinski definition) is 1. The lowest BCUT2D eigenvalue weighted by Gasteiger charge is -2.17. The minimum atomic E-state index is -1.85. The lowest BCUT2D eigenvalue weighted by molar-refractivity contribution is -0.120. The largest absolute Gasteiger partial charge is 0.350 e. The van der Waals surface area contributed by atoms with Crippen molar-refractivity contribution in [3.63, 3.8) is 0 Å². The highest BCUT2D eigenvalue weighted by molar-refractivity contribution is 6.76.